The summed E-state index contributed by atoms with van der Waals surface area (Å²) in [6.45, 7) is -0.166. The van der Waals surface area contributed by atoms with E-state index >= 15 is 0 Å². The first-order valence-corrected chi connectivity index (χ1v) is 10.7. The first kappa shape index (κ1) is 26.1. The van der Waals surface area contributed by atoms with Crippen LogP contribution >= 0.6 is 0 Å². The Morgan fingerprint density at radius 1 is 0.576 bits per heavy atom. The van der Waals surface area contributed by atoms with Gasteiger partial charge in [0.1, 0.15) is 0 Å². The van der Waals surface area contributed by atoms with Gasteiger partial charge in [0.15, 0.2) is 0 Å². The molecule has 0 aromatic heterocycles. The molecule has 0 aliphatic heterocycles. The molecule has 0 fully saturated rings. The minimum Gasteiger partial charge on any atom is -0.395 e. The smallest absolute Gasteiger partial charge is 0.321 e. The lowest BCUT2D eigenvalue weighted by Gasteiger charge is -2.21. The Labute approximate surface area is 193 Å². The zero-order valence-electron chi connectivity index (χ0n) is 18.5. The number of hydrogen-bond acceptors (Lipinski definition) is 6. The monoisotopic (exact) mass is 460 g/mol. The van der Waals surface area contributed by atoms with Crippen molar-refractivity contribution in [1.82, 2.24) is 9.80 Å². The van der Waals surface area contributed by atoms with Crippen LogP contribution in [0.2, 0.25) is 0 Å². The van der Waals surface area contributed by atoms with E-state index in [9.17, 15) is 9.59 Å². The van der Waals surface area contributed by atoms with Crippen LogP contribution in [0.4, 0.5) is 21.0 Å². The van der Waals surface area contributed by atoms with Gasteiger partial charge in [-0.25, -0.2) is 9.59 Å². The zero-order valence-corrected chi connectivity index (χ0v) is 18.5. The van der Waals surface area contributed by atoms with Crippen molar-refractivity contribution >= 4 is 23.4 Å². The van der Waals surface area contributed by atoms with Gasteiger partial charge < -0.3 is 40.9 Å². The Morgan fingerprint density at radius 2 is 0.879 bits per heavy atom. The van der Waals surface area contributed by atoms with Crippen LogP contribution in [0.3, 0.4) is 0 Å². The standard InChI is InChI=1S/C23H32N4O6/c28-13-9-26(10-14-29)22(32)24-20-5-1-18(2-6-20)17-19-3-7-21(8-4-19)25-23(33)27(11-15-30)12-16-31/h1-8,28-31H,9-17H2,(H,24,32)(H,25,33). The number of aliphatic hydroxyl groups excluding tert-OH is 4. The molecule has 2 aromatic rings. The number of anilines is 2. The average Bonchev–Trinajstić information content (AvgIpc) is 2.81. The third-order valence-corrected chi connectivity index (χ3v) is 4.87. The van der Waals surface area contributed by atoms with Crippen LogP contribution in [0.25, 0.3) is 0 Å². The molecule has 0 spiro atoms. The molecule has 0 aliphatic rings. The van der Waals surface area contributed by atoms with E-state index in [1.807, 2.05) is 24.3 Å². The highest BCUT2D eigenvalue weighted by Crippen LogP contribution is 2.17. The minimum absolute atomic E-state index is 0.141. The second-order valence-corrected chi connectivity index (χ2v) is 7.30. The van der Waals surface area contributed by atoms with Gasteiger partial charge in [-0.15, -0.1) is 0 Å². The van der Waals surface area contributed by atoms with Crippen LogP contribution in [0, 0.1) is 0 Å². The second-order valence-electron chi connectivity index (χ2n) is 7.30. The molecule has 10 heteroatoms. The third kappa shape index (κ3) is 8.70. The van der Waals surface area contributed by atoms with Crippen LogP contribution < -0.4 is 10.6 Å². The number of carbonyl (C=O) groups is 2. The van der Waals surface area contributed by atoms with Crippen molar-refractivity contribution in [1.29, 1.82) is 0 Å². The molecule has 180 valence electrons. The number of nitrogens with zero attached hydrogens (tertiary/aromatic N) is 2. The van der Waals surface area contributed by atoms with E-state index < -0.39 is 0 Å². The van der Waals surface area contributed by atoms with Gasteiger partial charge in [0.05, 0.1) is 26.4 Å². The van der Waals surface area contributed by atoms with E-state index in [1.54, 1.807) is 24.3 Å². The van der Waals surface area contributed by atoms with Crippen LogP contribution in [0.5, 0.6) is 0 Å². The van der Waals surface area contributed by atoms with Crippen LogP contribution in [0.15, 0.2) is 48.5 Å². The van der Waals surface area contributed by atoms with Crippen molar-refractivity contribution in [2.45, 2.75) is 6.42 Å². The molecule has 33 heavy (non-hydrogen) atoms. The summed E-state index contributed by atoms with van der Waals surface area (Å²) in [7, 11) is 0. The quantitative estimate of drug-likeness (QED) is 0.278. The van der Waals surface area contributed by atoms with E-state index in [-0.39, 0.29) is 64.7 Å². The first-order chi connectivity index (χ1) is 16.0. The Bertz CT molecular complexity index is 777. The summed E-state index contributed by atoms with van der Waals surface area (Å²) in [6.07, 6.45) is 0.657. The lowest BCUT2D eigenvalue weighted by atomic mass is 10.0. The molecule has 0 heterocycles. The normalized spacial score (nSPS) is 10.5. The maximum absolute atomic E-state index is 12.2. The van der Waals surface area contributed by atoms with E-state index in [0.29, 0.717) is 17.8 Å². The zero-order chi connectivity index (χ0) is 24.1. The molecule has 10 nitrogen and oxygen atoms in total. The van der Waals surface area contributed by atoms with E-state index in [4.69, 9.17) is 20.4 Å². The van der Waals surface area contributed by atoms with Crippen molar-refractivity contribution in [3.05, 3.63) is 59.7 Å². The van der Waals surface area contributed by atoms with E-state index in [1.165, 1.54) is 9.80 Å². The number of carbonyl (C=O) groups excluding carboxylic acids is 2. The van der Waals surface area contributed by atoms with Gasteiger partial charge in [-0.3, -0.25) is 0 Å². The number of nitrogens with one attached hydrogen (secondary N) is 2. The maximum atomic E-state index is 12.2. The average molecular weight is 461 g/mol. The maximum Gasteiger partial charge on any atom is 0.321 e. The van der Waals surface area contributed by atoms with Crippen molar-refractivity contribution in [2.24, 2.45) is 0 Å². The molecule has 2 aromatic carbocycles. The van der Waals surface area contributed by atoms with Crippen LogP contribution in [-0.2, 0) is 6.42 Å². The molecule has 0 atom stereocenters. The summed E-state index contributed by atoms with van der Waals surface area (Å²) in [5, 5.41) is 41.6. The molecule has 2 rings (SSSR count). The molecule has 0 bridgehead atoms. The van der Waals surface area contributed by atoms with Gasteiger partial charge in [0.2, 0.25) is 0 Å². The Hall–Kier alpha value is -3.18. The van der Waals surface area contributed by atoms with Crippen LogP contribution in [0.1, 0.15) is 11.1 Å². The van der Waals surface area contributed by atoms with Gasteiger partial charge in [-0.1, -0.05) is 24.3 Å². The third-order valence-electron chi connectivity index (χ3n) is 4.87. The lowest BCUT2D eigenvalue weighted by molar-refractivity contribution is 0.167. The number of aliphatic hydroxyl groups is 4. The SMILES string of the molecule is O=C(Nc1ccc(Cc2ccc(NC(=O)N(CCO)CCO)cc2)cc1)N(CCO)CCO. The van der Waals surface area contributed by atoms with E-state index in [2.05, 4.69) is 10.6 Å². The Morgan fingerprint density at radius 3 is 1.15 bits per heavy atom. The minimum atomic E-state index is -0.389. The van der Waals surface area contributed by atoms with Crippen molar-refractivity contribution in [3.63, 3.8) is 0 Å². The fourth-order valence-electron chi connectivity index (χ4n) is 3.17. The number of amides is 4. The largest absolute Gasteiger partial charge is 0.395 e. The van der Waals surface area contributed by atoms with Crippen molar-refractivity contribution in [2.75, 3.05) is 63.2 Å². The van der Waals surface area contributed by atoms with Gasteiger partial charge >= 0.3 is 12.1 Å². The van der Waals surface area contributed by atoms with Gasteiger partial charge in [-0.05, 0) is 41.8 Å². The molecule has 0 aliphatic carbocycles. The van der Waals surface area contributed by atoms with Crippen LogP contribution in [-0.4, -0.2) is 94.9 Å². The molecular weight excluding hydrogens is 428 g/mol. The molecule has 0 unspecified atom stereocenters. The number of benzene rings is 2. The molecule has 4 amide bonds. The lowest BCUT2D eigenvalue weighted by Crippen LogP contribution is -2.38. The molecule has 0 radical (unpaired) electrons. The fraction of sp³-hybridized carbons (Fsp3) is 0.391. The van der Waals surface area contributed by atoms with Crippen molar-refractivity contribution in [3.8, 4) is 0 Å². The molecule has 6 N–H and O–H groups in total. The summed E-state index contributed by atoms with van der Waals surface area (Å²) in [5.41, 5.74) is 3.28. The fourth-order valence-corrected chi connectivity index (χ4v) is 3.17. The number of urea groups is 2. The molecule has 0 saturated heterocycles. The highest BCUT2D eigenvalue weighted by atomic mass is 16.3. The highest BCUT2D eigenvalue weighted by molar-refractivity contribution is 5.90. The highest BCUT2D eigenvalue weighted by Gasteiger charge is 2.13. The summed E-state index contributed by atoms with van der Waals surface area (Å²) in [6, 6.07) is 14.0. The van der Waals surface area contributed by atoms with E-state index in [0.717, 1.165) is 11.1 Å². The molecular formula is C23H32N4O6. The molecule has 0 saturated carbocycles. The number of hydrogen-bond donors (Lipinski definition) is 6. The van der Waals surface area contributed by atoms with Crippen molar-refractivity contribution < 1.29 is 30.0 Å². The predicted molar refractivity (Wildman–Crippen MR) is 125 cm³/mol. The number of rotatable bonds is 12. The van der Waals surface area contributed by atoms with Gasteiger partial charge in [-0.2, -0.15) is 0 Å². The first-order valence-electron chi connectivity index (χ1n) is 10.7. The predicted octanol–water partition coefficient (Wildman–Crippen LogP) is 0.914. The van der Waals surface area contributed by atoms with Gasteiger partial charge in [0.25, 0.3) is 0 Å². The summed E-state index contributed by atoms with van der Waals surface area (Å²) in [4.78, 5) is 27.1. The summed E-state index contributed by atoms with van der Waals surface area (Å²) in [5.74, 6) is 0. The Balaban J connectivity index is 1.92. The Kier molecular flexibility index (Phi) is 11.1. The summed E-state index contributed by atoms with van der Waals surface area (Å²) < 4.78 is 0. The topological polar surface area (TPSA) is 146 Å². The summed E-state index contributed by atoms with van der Waals surface area (Å²) >= 11 is 0. The van der Waals surface area contributed by atoms with Gasteiger partial charge in [0, 0.05) is 37.6 Å². The second kappa shape index (κ2) is 14.1.